The molecule has 1 saturated heterocycles. The van der Waals surface area contributed by atoms with Crippen molar-refractivity contribution >= 4 is 29.9 Å². The molecule has 1 aromatic heterocycles. The van der Waals surface area contributed by atoms with Crippen molar-refractivity contribution in [1.29, 1.82) is 0 Å². The van der Waals surface area contributed by atoms with Gasteiger partial charge in [-0.2, -0.15) is 5.10 Å². The highest BCUT2D eigenvalue weighted by atomic mass is 127. The van der Waals surface area contributed by atoms with E-state index in [0.29, 0.717) is 5.92 Å². The highest BCUT2D eigenvalue weighted by Crippen LogP contribution is 2.25. The number of H-pyrrole nitrogens is 1. The van der Waals surface area contributed by atoms with E-state index in [0.717, 1.165) is 62.0 Å². The molecule has 0 unspecified atom stereocenters. The van der Waals surface area contributed by atoms with Crippen LogP contribution in [0.25, 0.3) is 0 Å². The molecule has 27 heavy (non-hydrogen) atoms. The number of hydrogen-bond acceptors (Lipinski definition) is 4. The third-order valence-electron chi connectivity index (χ3n) is 5.00. The van der Waals surface area contributed by atoms with Gasteiger partial charge in [-0.1, -0.05) is 12.1 Å². The molecule has 0 atom stereocenters. The van der Waals surface area contributed by atoms with Gasteiger partial charge in [-0.15, -0.1) is 24.0 Å². The van der Waals surface area contributed by atoms with E-state index in [4.69, 9.17) is 4.74 Å². The van der Waals surface area contributed by atoms with Crippen LogP contribution < -0.4 is 10.1 Å². The highest BCUT2D eigenvalue weighted by molar-refractivity contribution is 14.0. The van der Waals surface area contributed by atoms with Crippen LogP contribution in [0.5, 0.6) is 5.75 Å². The summed E-state index contributed by atoms with van der Waals surface area (Å²) >= 11 is 0. The van der Waals surface area contributed by atoms with E-state index >= 15 is 0 Å². The van der Waals surface area contributed by atoms with Crippen LogP contribution >= 0.6 is 24.0 Å². The molecule has 0 radical (unpaired) electrons. The molecule has 1 aliphatic heterocycles. The van der Waals surface area contributed by atoms with Crippen LogP contribution in [-0.4, -0.2) is 59.8 Å². The Morgan fingerprint density at radius 2 is 2.15 bits per heavy atom. The molecule has 7 nitrogen and oxygen atoms in total. The van der Waals surface area contributed by atoms with E-state index < -0.39 is 0 Å². The Hall–Kier alpha value is -1.84. The topological polar surface area (TPSA) is 78.4 Å². The predicted octanol–water partition coefficient (Wildman–Crippen LogP) is 2.74. The molecule has 3 rings (SSSR count). The fourth-order valence-electron chi connectivity index (χ4n) is 3.45. The Balaban J connectivity index is 0.00000261. The summed E-state index contributed by atoms with van der Waals surface area (Å²) in [4.78, 5) is 11.1. The maximum Gasteiger partial charge on any atom is 0.193 e. The Kier molecular flexibility index (Phi) is 8.33. The minimum atomic E-state index is 0. The molecular formula is C19H29IN6O. The first-order valence-corrected chi connectivity index (χ1v) is 9.15. The maximum absolute atomic E-state index is 5.41. The molecule has 1 aliphatic rings. The summed E-state index contributed by atoms with van der Waals surface area (Å²) in [7, 11) is 3.56. The summed E-state index contributed by atoms with van der Waals surface area (Å²) in [6.07, 6.45) is 4.64. The molecule has 0 saturated carbocycles. The molecule has 148 valence electrons. The largest absolute Gasteiger partial charge is 0.496 e. The van der Waals surface area contributed by atoms with E-state index in [-0.39, 0.29) is 24.0 Å². The number of nitrogens with one attached hydrogen (secondary N) is 2. The molecule has 2 heterocycles. The van der Waals surface area contributed by atoms with Crippen molar-refractivity contribution in [3.05, 3.63) is 41.5 Å². The maximum atomic E-state index is 5.41. The molecule has 0 amide bonds. The first kappa shape index (κ1) is 21.5. The number of likely N-dealkylation sites (tertiary alicyclic amines) is 1. The zero-order valence-corrected chi connectivity index (χ0v) is 18.6. The van der Waals surface area contributed by atoms with Gasteiger partial charge in [0.05, 0.1) is 7.11 Å². The molecule has 0 bridgehead atoms. The summed E-state index contributed by atoms with van der Waals surface area (Å²) in [6.45, 7) is 4.86. The van der Waals surface area contributed by atoms with Crippen LogP contribution in [0.15, 0.2) is 29.5 Å². The van der Waals surface area contributed by atoms with Gasteiger partial charge in [0, 0.05) is 32.6 Å². The highest BCUT2D eigenvalue weighted by Gasteiger charge is 2.24. The number of benzene rings is 1. The van der Waals surface area contributed by atoms with E-state index in [1.54, 1.807) is 13.4 Å². The van der Waals surface area contributed by atoms with Gasteiger partial charge in [-0.25, -0.2) is 4.98 Å². The van der Waals surface area contributed by atoms with Crippen molar-refractivity contribution in [2.45, 2.75) is 32.1 Å². The minimum absolute atomic E-state index is 0. The third kappa shape index (κ3) is 5.57. The third-order valence-corrected chi connectivity index (χ3v) is 5.00. The van der Waals surface area contributed by atoms with Gasteiger partial charge >= 0.3 is 0 Å². The Morgan fingerprint density at radius 3 is 2.78 bits per heavy atom. The first-order valence-electron chi connectivity index (χ1n) is 9.15. The van der Waals surface area contributed by atoms with Gasteiger partial charge in [0.25, 0.3) is 0 Å². The Labute approximate surface area is 178 Å². The number of hydrogen-bond donors (Lipinski definition) is 2. The van der Waals surface area contributed by atoms with Crippen molar-refractivity contribution in [3.63, 3.8) is 0 Å². The molecular weight excluding hydrogens is 455 g/mol. The quantitative estimate of drug-likeness (QED) is 0.388. The monoisotopic (exact) mass is 484 g/mol. The number of aromatic nitrogens is 3. The number of guanidine groups is 1. The van der Waals surface area contributed by atoms with Crippen molar-refractivity contribution < 1.29 is 4.74 Å². The average molecular weight is 484 g/mol. The molecule has 0 spiro atoms. The second kappa shape index (κ2) is 10.5. The van der Waals surface area contributed by atoms with E-state index in [2.05, 4.69) is 55.5 Å². The number of aryl methyl sites for hydroxylation is 1. The van der Waals surface area contributed by atoms with Crippen LogP contribution in [0, 0.1) is 6.92 Å². The minimum Gasteiger partial charge on any atom is -0.496 e. The lowest BCUT2D eigenvalue weighted by Gasteiger charge is -2.33. The van der Waals surface area contributed by atoms with Crippen LogP contribution in [0.2, 0.25) is 0 Å². The van der Waals surface area contributed by atoms with Crippen molar-refractivity contribution in [2.75, 3.05) is 33.8 Å². The van der Waals surface area contributed by atoms with E-state index in [1.165, 1.54) is 5.56 Å². The predicted molar refractivity (Wildman–Crippen MR) is 118 cm³/mol. The van der Waals surface area contributed by atoms with Crippen LogP contribution in [0.4, 0.5) is 0 Å². The molecule has 2 aromatic rings. The molecule has 2 N–H and O–H groups in total. The smallest absolute Gasteiger partial charge is 0.193 e. The number of halogens is 1. The van der Waals surface area contributed by atoms with Gasteiger partial charge in [0.1, 0.15) is 17.9 Å². The van der Waals surface area contributed by atoms with Gasteiger partial charge in [-0.05, 0) is 43.4 Å². The Morgan fingerprint density at radius 1 is 1.37 bits per heavy atom. The fraction of sp³-hybridized carbons (Fsp3) is 0.526. The first-order chi connectivity index (χ1) is 12.7. The lowest BCUT2D eigenvalue weighted by Crippen LogP contribution is -2.45. The Bertz CT molecular complexity index is 726. The van der Waals surface area contributed by atoms with Crippen LogP contribution in [0.1, 0.15) is 35.7 Å². The van der Waals surface area contributed by atoms with E-state index in [1.807, 2.05) is 7.05 Å². The average Bonchev–Trinajstić information content (AvgIpc) is 3.21. The summed E-state index contributed by atoms with van der Waals surface area (Å²) < 4.78 is 5.41. The molecule has 0 aliphatic carbocycles. The van der Waals surface area contributed by atoms with Crippen molar-refractivity contribution in [1.82, 2.24) is 25.4 Å². The molecule has 1 aromatic carbocycles. The number of aromatic amines is 1. The van der Waals surface area contributed by atoms with Gasteiger partial charge < -0.3 is 15.0 Å². The van der Waals surface area contributed by atoms with Crippen molar-refractivity contribution in [2.24, 2.45) is 4.99 Å². The van der Waals surface area contributed by atoms with Crippen LogP contribution in [-0.2, 0) is 6.42 Å². The number of nitrogens with zero attached hydrogens (tertiary/aromatic N) is 4. The van der Waals surface area contributed by atoms with E-state index in [9.17, 15) is 0 Å². The SMILES string of the molecule is CN=C(NCCc1ccc(C)c(OC)c1)N1CCC(c2ncn[nH]2)CC1.I. The second-order valence-corrected chi connectivity index (χ2v) is 6.66. The number of ether oxygens (including phenoxy) is 1. The summed E-state index contributed by atoms with van der Waals surface area (Å²) in [6, 6.07) is 6.38. The number of piperidine rings is 1. The van der Waals surface area contributed by atoms with Gasteiger partial charge in [0.15, 0.2) is 5.96 Å². The zero-order chi connectivity index (χ0) is 18.4. The van der Waals surface area contributed by atoms with Crippen molar-refractivity contribution in [3.8, 4) is 5.75 Å². The standard InChI is InChI=1S/C19H28N6O.HI/c1-14-4-5-15(12-17(14)26-3)6-9-21-19(20-2)25-10-7-16(8-11-25)18-22-13-23-24-18;/h4-5,12-13,16H,6-11H2,1-3H3,(H,20,21)(H,22,23,24);1H. The lowest BCUT2D eigenvalue weighted by molar-refractivity contribution is 0.299. The molecule has 1 fully saturated rings. The summed E-state index contributed by atoms with van der Waals surface area (Å²) in [5, 5.41) is 10.4. The number of methoxy groups -OCH3 is 1. The lowest BCUT2D eigenvalue weighted by atomic mass is 9.96. The van der Waals surface area contributed by atoms with Crippen LogP contribution in [0.3, 0.4) is 0 Å². The number of aliphatic imine (C=N–C) groups is 1. The zero-order valence-electron chi connectivity index (χ0n) is 16.2. The second-order valence-electron chi connectivity index (χ2n) is 6.66. The number of rotatable bonds is 5. The molecule has 8 heteroatoms. The van der Waals surface area contributed by atoms with Gasteiger partial charge in [-0.3, -0.25) is 10.1 Å². The summed E-state index contributed by atoms with van der Waals surface area (Å²) in [5.74, 6) is 3.38. The normalized spacial score (nSPS) is 15.4. The van der Waals surface area contributed by atoms with Gasteiger partial charge in [0.2, 0.25) is 0 Å². The fourth-order valence-corrected chi connectivity index (χ4v) is 3.45. The summed E-state index contributed by atoms with van der Waals surface area (Å²) in [5.41, 5.74) is 2.43.